The van der Waals surface area contributed by atoms with Crippen LogP contribution in [0.1, 0.15) is 27.2 Å². The summed E-state index contributed by atoms with van der Waals surface area (Å²) in [6.45, 7) is 15.0. The summed E-state index contributed by atoms with van der Waals surface area (Å²) in [5.74, 6) is -0.284. The standard InChI is InChI=1S/C36H58O11Si/c1-36(2,3)48(33-11-7-5-8-12-33,34-13-9-6-10-14-34)47-32-31-46-30-29-45-28-27-44-26-25-43-24-23-42-22-21-41-20-19-40-18-17-39-16-15-35(37)38-4/h5-14H,15-32H2,1-4H3. The van der Waals surface area contributed by atoms with Crippen LogP contribution in [0.15, 0.2) is 60.7 Å². The van der Waals surface area contributed by atoms with Crippen molar-refractivity contribution in [1.29, 1.82) is 0 Å². The third-order valence-corrected chi connectivity index (χ3v) is 12.3. The van der Waals surface area contributed by atoms with Crippen LogP contribution in [0.5, 0.6) is 0 Å². The molecule has 0 radical (unpaired) electrons. The highest BCUT2D eigenvalue weighted by Gasteiger charge is 2.50. The van der Waals surface area contributed by atoms with Crippen LogP contribution in [-0.2, 0) is 51.9 Å². The number of hydrogen-bond donors (Lipinski definition) is 0. The fourth-order valence-electron chi connectivity index (χ4n) is 4.91. The largest absolute Gasteiger partial charge is 0.469 e. The summed E-state index contributed by atoms with van der Waals surface area (Å²) in [4.78, 5) is 10.9. The van der Waals surface area contributed by atoms with Crippen molar-refractivity contribution < 1.29 is 51.9 Å². The zero-order valence-corrected chi connectivity index (χ0v) is 30.5. The maximum absolute atomic E-state index is 10.9. The van der Waals surface area contributed by atoms with E-state index in [1.807, 2.05) is 0 Å². The molecule has 0 atom stereocenters. The quantitative estimate of drug-likeness (QED) is 0.0683. The molecule has 0 fully saturated rings. The number of carbonyl (C=O) groups excluding carboxylic acids is 1. The van der Waals surface area contributed by atoms with Crippen molar-refractivity contribution >= 4 is 24.7 Å². The number of rotatable bonds is 30. The van der Waals surface area contributed by atoms with Gasteiger partial charge in [-0.25, -0.2) is 0 Å². The lowest BCUT2D eigenvalue weighted by atomic mass is 10.2. The molecule has 272 valence electrons. The van der Waals surface area contributed by atoms with Gasteiger partial charge in [-0.15, -0.1) is 0 Å². The molecule has 0 amide bonds. The minimum absolute atomic E-state index is 0.0573. The highest BCUT2D eigenvalue weighted by molar-refractivity contribution is 6.99. The van der Waals surface area contributed by atoms with Gasteiger partial charge in [0, 0.05) is 0 Å². The van der Waals surface area contributed by atoms with Gasteiger partial charge in [-0.05, 0) is 15.4 Å². The Morgan fingerprint density at radius 3 is 1.06 bits per heavy atom. The number of benzene rings is 2. The van der Waals surface area contributed by atoms with E-state index < -0.39 is 8.32 Å². The zero-order valence-electron chi connectivity index (χ0n) is 29.5. The molecular formula is C36H58O11Si. The van der Waals surface area contributed by atoms with E-state index in [-0.39, 0.29) is 17.4 Å². The first-order chi connectivity index (χ1) is 23.4. The molecule has 0 aliphatic carbocycles. The Balaban J connectivity index is 1.38. The van der Waals surface area contributed by atoms with E-state index >= 15 is 0 Å². The lowest BCUT2D eigenvalue weighted by Crippen LogP contribution is -2.66. The second-order valence-corrected chi connectivity index (χ2v) is 16.0. The smallest absolute Gasteiger partial charge is 0.307 e. The summed E-state index contributed by atoms with van der Waals surface area (Å²) in [6.07, 6.45) is 0.246. The van der Waals surface area contributed by atoms with E-state index in [1.54, 1.807) is 0 Å². The van der Waals surface area contributed by atoms with Gasteiger partial charge in [-0.3, -0.25) is 4.79 Å². The number of ether oxygens (including phenoxy) is 9. The Hall–Kier alpha value is -2.23. The monoisotopic (exact) mass is 694 g/mol. The Morgan fingerprint density at radius 1 is 0.479 bits per heavy atom. The molecule has 2 aromatic carbocycles. The van der Waals surface area contributed by atoms with E-state index in [0.717, 1.165) is 0 Å². The van der Waals surface area contributed by atoms with Crippen LogP contribution in [0.4, 0.5) is 0 Å². The van der Waals surface area contributed by atoms with Crippen LogP contribution >= 0.6 is 0 Å². The van der Waals surface area contributed by atoms with Crippen molar-refractivity contribution in [2.75, 3.05) is 119 Å². The zero-order chi connectivity index (χ0) is 34.6. The lowest BCUT2D eigenvalue weighted by Gasteiger charge is -2.43. The molecule has 12 heteroatoms. The number of carbonyl (C=O) groups is 1. The molecule has 48 heavy (non-hydrogen) atoms. The molecule has 2 rings (SSSR count). The molecule has 11 nitrogen and oxygen atoms in total. The fourth-order valence-corrected chi connectivity index (χ4v) is 9.46. The summed E-state index contributed by atoms with van der Waals surface area (Å²) in [5.41, 5.74) is 0. The second kappa shape index (κ2) is 26.6. The Labute approximate surface area is 288 Å². The first-order valence-electron chi connectivity index (χ1n) is 16.9. The van der Waals surface area contributed by atoms with Crippen molar-refractivity contribution in [2.24, 2.45) is 0 Å². The Kier molecular flexibility index (Phi) is 23.2. The summed E-state index contributed by atoms with van der Waals surface area (Å²) >= 11 is 0. The van der Waals surface area contributed by atoms with Crippen LogP contribution in [-0.4, -0.2) is 134 Å². The number of hydrogen-bond acceptors (Lipinski definition) is 11. The van der Waals surface area contributed by atoms with Crippen molar-refractivity contribution in [3.63, 3.8) is 0 Å². The maximum atomic E-state index is 10.9. The fraction of sp³-hybridized carbons (Fsp3) is 0.639. The van der Waals surface area contributed by atoms with E-state index in [4.69, 9.17) is 42.3 Å². The second-order valence-electron chi connectivity index (χ2n) is 11.7. The van der Waals surface area contributed by atoms with Gasteiger partial charge in [-0.2, -0.15) is 0 Å². The highest BCUT2D eigenvalue weighted by Crippen LogP contribution is 2.36. The van der Waals surface area contributed by atoms with E-state index in [9.17, 15) is 4.79 Å². The van der Waals surface area contributed by atoms with Crippen LogP contribution < -0.4 is 10.4 Å². The molecule has 0 bridgehead atoms. The SMILES string of the molecule is COC(=O)CCOCCOCCOCCOCCOCCOCCOCCOCCO[Si](c1ccccc1)(c1ccccc1)C(C)(C)C. The molecule has 0 spiro atoms. The van der Waals surface area contributed by atoms with Gasteiger partial charge in [0.25, 0.3) is 8.32 Å². The summed E-state index contributed by atoms with van der Waals surface area (Å²) in [7, 11) is -1.18. The lowest BCUT2D eigenvalue weighted by molar-refractivity contribution is -0.141. The third kappa shape index (κ3) is 17.4. The first kappa shape index (κ1) is 41.9. The molecule has 0 saturated heterocycles. The van der Waals surface area contributed by atoms with E-state index in [2.05, 4.69) is 86.2 Å². The van der Waals surface area contributed by atoms with Gasteiger partial charge >= 0.3 is 5.97 Å². The van der Waals surface area contributed by atoms with Crippen LogP contribution in [0.2, 0.25) is 5.04 Å². The van der Waals surface area contributed by atoms with Crippen molar-refractivity contribution in [1.82, 2.24) is 0 Å². The van der Waals surface area contributed by atoms with Gasteiger partial charge in [0.05, 0.1) is 126 Å². The third-order valence-electron chi connectivity index (χ3n) is 7.25. The molecule has 0 aromatic heterocycles. The van der Waals surface area contributed by atoms with Crippen molar-refractivity contribution in [3.8, 4) is 0 Å². The van der Waals surface area contributed by atoms with Crippen LogP contribution in [0.25, 0.3) is 0 Å². The normalized spacial score (nSPS) is 12.0. The van der Waals surface area contributed by atoms with E-state index in [1.165, 1.54) is 17.5 Å². The van der Waals surface area contributed by atoms with Crippen molar-refractivity contribution in [2.45, 2.75) is 32.2 Å². The predicted molar refractivity (Wildman–Crippen MR) is 187 cm³/mol. The Bertz CT molecular complexity index is 998. The average molecular weight is 695 g/mol. The van der Waals surface area contributed by atoms with Gasteiger partial charge in [0.1, 0.15) is 0 Å². The summed E-state index contributed by atoms with van der Waals surface area (Å²) in [6, 6.07) is 21.2. The summed E-state index contributed by atoms with van der Waals surface area (Å²) in [5, 5.41) is 2.47. The average Bonchev–Trinajstić information content (AvgIpc) is 3.09. The van der Waals surface area contributed by atoms with Crippen molar-refractivity contribution in [3.05, 3.63) is 60.7 Å². The molecule has 2 aromatic rings. The molecule has 0 N–H and O–H groups in total. The first-order valence-corrected chi connectivity index (χ1v) is 18.8. The van der Waals surface area contributed by atoms with Crippen LogP contribution in [0, 0.1) is 0 Å². The molecule has 0 heterocycles. The van der Waals surface area contributed by atoms with E-state index in [0.29, 0.717) is 112 Å². The van der Waals surface area contributed by atoms with Crippen LogP contribution in [0.3, 0.4) is 0 Å². The predicted octanol–water partition coefficient (Wildman–Crippen LogP) is 3.26. The number of esters is 1. The van der Waals surface area contributed by atoms with Gasteiger partial charge < -0.3 is 47.1 Å². The molecule has 0 saturated carbocycles. The number of methoxy groups -OCH3 is 1. The minimum atomic E-state index is -2.54. The van der Waals surface area contributed by atoms with Gasteiger partial charge in [0.2, 0.25) is 0 Å². The van der Waals surface area contributed by atoms with Gasteiger partial charge in [-0.1, -0.05) is 81.4 Å². The summed E-state index contributed by atoms with van der Waals surface area (Å²) < 4.78 is 55.5. The molecule has 0 unspecified atom stereocenters. The topological polar surface area (TPSA) is 109 Å². The highest BCUT2D eigenvalue weighted by atomic mass is 28.4. The van der Waals surface area contributed by atoms with Gasteiger partial charge in [0.15, 0.2) is 0 Å². The minimum Gasteiger partial charge on any atom is -0.469 e. The molecular weight excluding hydrogens is 636 g/mol. The molecule has 0 aliphatic heterocycles. The maximum Gasteiger partial charge on any atom is 0.307 e. The Morgan fingerprint density at radius 2 is 0.771 bits per heavy atom. The molecule has 0 aliphatic rings.